The maximum absolute atomic E-state index is 12.5. The first kappa shape index (κ1) is 18.3. The lowest BCUT2D eigenvalue weighted by molar-refractivity contribution is -0.122. The maximum Gasteiger partial charge on any atom is 0.263 e. The zero-order valence-corrected chi connectivity index (χ0v) is 15.8. The van der Waals surface area contributed by atoms with E-state index in [9.17, 15) is 4.79 Å². The summed E-state index contributed by atoms with van der Waals surface area (Å²) < 4.78 is 10.9. The zero-order chi connectivity index (χ0) is 18.7. The number of amides is 1. The highest BCUT2D eigenvalue weighted by molar-refractivity contribution is 6.31. The fraction of sp³-hybridized carbons (Fsp3) is 0.300. The minimum atomic E-state index is -0.441. The number of aromatic nitrogens is 1. The normalized spacial score (nSPS) is 11.5. The lowest BCUT2D eigenvalue weighted by atomic mass is 9.94. The molecule has 5 nitrogen and oxygen atoms in total. The molecular formula is C20H21ClN2O3. The van der Waals surface area contributed by atoms with E-state index in [4.69, 9.17) is 20.4 Å². The van der Waals surface area contributed by atoms with Crippen molar-refractivity contribution < 1.29 is 13.6 Å². The summed E-state index contributed by atoms with van der Waals surface area (Å²) in [6, 6.07) is 11.2. The van der Waals surface area contributed by atoms with Gasteiger partial charge in [0.05, 0.1) is 18.4 Å². The molecule has 1 N–H and O–H groups in total. The van der Waals surface area contributed by atoms with Gasteiger partial charge in [-0.2, -0.15) is 0 Å². The van der Waals surface area contributed by atoms with E-state index in [0.29, 0.717) is 34.5 Å². The summed E-state index contributed by atoms with van der Waals surface area (Å²) in [7, 11) is 0. The van der Waals surface area contributed by atoms with Gasteiger partial charge in [-0.3, -0.25) is 4.79 Å². The average Bonchev–Trinajstić information content (AvgIpc) is 3.19. The van der Waals surface area contributed by atoms with Crippen LogP contribution in [0.15, 0.2) is 51.5 Å². The molecule has 0 saturated carbocycles. The Hall–Kier alpha value is -2.53. The molecule has 0 bridgehead atoms. The van der Waals surface area contributed by atoms with E-state index in [1.54, 1.807) is 25.3 Å². The summed E-state index contributed by atoms with van der Waals surface area (Å²) in [6.07, 6.45) is 2.33. The molecule has 0 saturated heterocycles. The van der Waals surface area contributed by atoms with Crippen LogP contribution in [0.1, 0.15) is 30.9 Å². The van der Waals surface area contributed by atoms with Crippen molar-refractivity contribution in [2.24, 2.45) is 0 Å². The van der Waals surface area contributed by atoms with Crippen LogP contribution in [0.25, 0.3) is 11.7 Å². The lowest BCUT2D eigenvalue weighted by Gasteiger charge is -2.27. The van der Waals surface area contributed by atoms with Crippen molar-refractivity contribution in [3.63, 3.8) is 0 Å². The molecule has 0 fully saturated rings. The Balaban J connectivity index is 1.66. The number of benzene rings is 1. The third-order valence-electron chi connectivity index (χ3n) is 4.02. The van der Waals surface area contributed by atoms with E-state index in [-0.39, 0.29) is 12.3 Å². The second kappa shape index (κ2) is 7.38. The third-order valence-corrected chi connectivity index (χ3v) is 4.39. The van der Waals surface area contributed by atoms with Crippen molar-refractivity contribution in [2.45, 2.75) is 39.2 Å². The number of aryl methyl sites for hydroxylation is 1. The van der Waals surface area contributed by atoms with Crippen LogP contribution >= 0.6 is 11.6 Å². The molecule has 3 rings (SSSR count). The van der Waals surface area contributed by atoms with Crippen molar-refractivity contribution in [2.75, 3.05) is 0 Å². The van der Waals surface area contributed by atoms with E-state index >= 15 is 0 Å². The Morgan fingerprint density at radius 2 is 2.00 bits per heavy atom. The van der Waals surface area contributed by atoms with E-state index in [2.05, 4.69) is 10.3 Å². The molecule has 1 amide bonds. The van der Waals surface area contributed by atoms with Crippen LogP contribution in [0, 0.1) is 6.92 Å². The predicted molar refractivity (Wildman–Crippen MR) is 100 cm³/mol. The third kappa shape index (κ3) is 4.35. The molecule has 3 aromatic rings. The molecule has 26 heavy (non-hydrogen) atoms. The fourth-order valence-electron chi connectivity index (χ4n) is 2.83. The summed E-state index contributed by atoms with van der Waals surface area (Å²) in [5.41, 5.74) is 1.16. The van der Waals surface area contributed by atoms with Crippen LogP contribution in [0.2, 0.25) is 5.02 Å². The van der Waals surface area contributed by atoms with Gasteiger partial charge in [-0.15, -0.1) is 0 Å². The van der Waals surface area contributed by atoms with Gasteiger partial charge in [-0.25, -0.2) is 4.98 Å². The van der Waals surface area contributed by atoms with Crippen LogP contribution < -0.4 is 5.32 Å². The quantitative estimate of drug-likeness (QED) is 0.687. The lowest BCUT2D eigenvalue weighted by Crippen LogP contribution is -2.45. The Kier molecular flexibility index (Phi) is 5.18. The second-order valence-electron chi connectivity index (χ2n) is 6.88. The minimum Gasteiger partial charge on any atom is -0.459 e. The van der Waals surface area contributed by atoms with Crippen LogP contribution in [-0.4, -0.2) is 16.4 Å². The number of hydrogen-bond donors (Lipinski definition) is 1. The number of nitrogens with zero attached hydrogens (tertiary/aromatic N) is 1. The summed E-state index contributed by atoms with van der Waals surface area (Å²) >= 11 is 6.23. The van der Waals surface area contributed by atoms with Crippen LogP contribution in [0.3, 0.4) is 0 Å². The summed E-state index contributed by atoms with van der Waals surface area (Å²) in [6.45, 7) is 5.73. The molecule has 1 aromatic carbocycles. The fourth-order valence-corrected chi connectivity index (χ4v) is 3.04. The highest BCUT2D eigenvalue weighted by Crippen LogP contribution is 2.23. The molecule has 0 aliphatic carbocycles. The van der Waals surface area contributed by atoms with Gasteiger partial charge in [-0.05, 0) is 51.0 Å². The van der Waals surface area contributed by atoms with Crippen molar-refractivity contribution in [1.82, 2.24) is 10.3 Å². The standard InChI is InChI=1S/C20H21ClN2O3/c1-13-16(22-19(26-13)17-9-6-10-25-17)11-18(24)23-20(2,3)12-14-7-4-5-8-15(14)21/h4-10H,11-12H2,1-3H3,(H,23,24). The second-order valence-corrected chi connectivity index (χ2v) is 7.28. The molecule has 6 heteroatoms. The number of oxazole rings is 1. The molecule has 0 aliphatic heterocycles. The monoisotopic (exact) mass is 372 g/mol. The van der Waals surface area contributed by atoms with Crippen molar-refractivity contribution >= 4 is 17.5 Å². The molecular weight excluding hydrogens is 352 g/mol. The SMILES string of the molecule is Cc1oc(-c2ccco2)nc1CC(=O)NC(C)(C)Cc1ccccc1Cl. The molecule has 2 heterocycles. The van der Waals surface area contributed by atoms with Crippen LogP contribution in [0.4, 0.5) is 0 Å². The molecule has 0 unspecified atom stereocenters. The van der Waals surface area contributed by atoms with E-state index in [1.807, 2.05) is 38.1 Å². The molecule has 0 radical (unpaired) electrons. The average molecular weight is 373 g/mol. The van der Waals surface area contributed by atoms with Gasteiger partial charge in [0, 0.05) is 10.6 Å². The van der Waals surface area contributed by atoms with Gasteiger partial charge in [0.1, 0.15) is 5.76 Å². The maximum atomic E-state index is 12.5. The van der Waals surface area contributed by atoms with Gasteiger partial charge < -0.3 is 14.2 Å². The molecule has 0 aliphatic rings. The Morgan fingerprint density at radius 3 is 2.69 bits per heavy atom. The highest BCUT2D eigenvalue weighted by Gasteiger charge is 2.24. The number of furan rings is 1. The topological polar surface area (TPSA) is 68.3 Å². The first-order chi connectivity index (χ1) is 12.3. The van der Waals surface area contributed by atoms with E-state index < -0.39 is 5.54 Å². The Labute approximate surface area is 157 Å². The summed E-state index contributed by atoms with van der Waals surface area (Å²) in [4.78, 5) is 16.9. The molecule has 136 valence electrons. The highest BCUT2D eigenvalue weighted by atomic mass is 35.5. The van der Waals surface area contributed by atoms with Crippen LogP contribution in [-0.2, 0) is 17.6 Å². The van der Waals surface area contributed by atoms with Gasteiger partial charge in [0.25, 0.3) is 5.89 Å². The Morgan fingerprint density at radius 1 is 1.23 bits per heavy atom. The first-order valence-electron chi connectivity index (χ1n) is 8.39. The van der Waals surface area contributed by atoms with Crippen molar-refractivity contribution in [1.29, 1.82) is 0 Å². The number of carbonyl (C=O) groups excluding carboxylic acids is 1. The van der Waals surface area contributed by atoms with Crippen molar-refractivity contribution in [3.05, 3.63) is 64.7 Å². The molecule has 0 atom stereocenters. The van der Waals surface area contributed by atoms with E-state index in [1.165, 1.54) is 0 Å². The Bertz CT molecular complexity index is 898. The van der Waals surface area contributed by atoms with Gasteiger partial charge in [0.2, 0.25) is 5.91 Å². The van der Waals surface area contributed by atoms with Gasteiger partial charge >= 0.3 is 0 Å². The number of halogens is 1. The summed E-state index contributed by atoms with van der Waals surface area (Å²) in [5, 5.41) is 3.75. The zero-order valence-electron chi connectivity index (χ0n) is 15.0. The van der Waals surface area contributed by atoms with Gasteiger partial charge in [-0.1, -0.05) is 29.8 Å². The van der Waals surface area contributed by atoms with E-state index in [0.717, 1.165) is 5.56 Å². The number of carbonyl (C=O) groups is 1. The first-order valence-corrected chi connectivity index (χ1v) is 8.76. The number of nitrogens with one attached hydrogen (secondary N) is 1. The smallest absolute Gasteiger partial charge is 0.263 e. The van der Waals surface area contributed by atoms with Gasteiger partial charge in [0.15, 0.2) is 5.76 Å². The largest absolute Gasteiger partial charge is 0.459 e. The molecule has 0 spiro atoms. The molecule has 2 aromatic heterocycles. The van der Waals surface area contributed by atoms with Crippen LogP contribution in [0.5, 0.6) is 0 Å². The minimum absolute atomic E-state index is 0.121. The summed E-state index contributed by atoms with van der Waals surface area (Å²) in [5.74, 6) is 1.41. The van der Waals surface area contributed by atoms with Crippen molar-refractivity contribution in [3.8, 4) is 11.7 Å². The predicted octanol–water partition coefficient (Wildman–Crippen LogP) is 4.58. The number of rotatable bonds is 6. The number of hydrogen-bond acceptors (Lipinski definition) is 4.